The molecule has 0 aliphatic heterocycles. The fourth-order valence-corrected chi connectivity index (χ4v) is 4.21. The van der Waals surface area contributed by atoms with Crippen LogP contribution in [0.25, 0.3) is 34.1 Å². The van der Waals surface area contributed by atoms with Crippen LogP contribution in [0, 0.1) is 0 Å². The van der Waals surface area contributed by atoms with Crippen molar-refractivity contribution in [1.82, 2.24) is 23.5 Å². The summed E-state index contributed by atoms with van der Waals surface area (Å²) in [6.07, 6.45) is -7.62. The maximum atomic E-state index is 13.1. The molecule has 0 N–H and O–H groups in total. The van der Waals surface area contributed by atoms with E-state index in [0.29, 0.717) is 6.20 Å². The SMILES string of the molecule is CCS(=O)(=O)n1cc(-c2cccc(C(F)(F)F)c2)nc1-c1nc2cc(C(F)(F)F)cnc2n1C. The number of pyridine rings is 1. The molecule has 7 nitrogen and oxygen atoms in total. The molecule has 3 heterocycles. The van der Waals surface area contributed by atoms with Crippen LogP contribution < -0.4 is 0 Å². The summed E-state index contributed by atoms with van der Waals surface area (Å²) in [5, 5.41) is 0. The number of imidazole rings is 2. The number of halogens is 6. The summed E-state index contributed by atoms with van der Waals surface area (Å²) in [6, 6.07) is 4.93. The van der Waals surface area contributed by atoms with Crippen LogP contribution in [0.3, 0.4) is 0 Å². The van der Waals surface area contributed by atoms with Crippen LogP contribution in [0.1, 0.15) is 18.1 Å². The van der Waals surface area contributed by atoms with E-state index in [1.54, 1.807) is 0 Å². The molecule has 0 radical (unpaired) electrons. The third kappa shape index (κ3) is 4.13. The first kappa shape index (κ1) is 23.7. The van der Waals surface area contributed by atoms with Crippen LogP contribution in [-0.4, -0.2) is 37.7 Å². The van der Waals surface area contributed by atoms with Crippen molar-refractivity contribution in [3.8, 4) is 22.9 Å². The third-order valence-corrected chi connectivity index (χ3v) is 6.67. The van der Waals surface area contributed by atoms with Crippen molar-refractivity contribution in [1.29, 1.82) is 0 Å². The normalized spacial score (nSPS) is 13.1. The number of aromatic nitrogens is 5. The fourth-order valence-electron chi connectivity index (χ4n) is 3.29. The van der Waals surface area contributed by atoms with Crippen LogP contribution in [0.15, 0.2) is 42.7 Å². The lowest BCUT2D eigenvalue weighted by atomic mass is 10.1. The van der Waals surface area contributed by atoms with Gasteiger partial charge >= 0.3 is 12.4 Å². The molecule has 0 bridgehead atoms. The number of rotatable bonds is 4. The molecule has 0 atom stereocenters. The quantitative estimate of drug-likeness (QED) is 0.376. The second kappa shape index (κ2) is 7.82. The molecule has 0 amide bonds. The van der Waals surface area contributed by atoms with Gasteiger partial charge in [-0.1, -0.05) is 12.1 Å². The number of hydrogen-bond acceptors (Lipinski definition) is 5. The summed E-state index contributed by atoms with van der Waals surface area (Å²) in [5.74, 6) is -0.779. The van der Waals surface area contributed by atoms with Gasteiger partial charge in [-0.25, -0.2) is 27.3 Å². The number of nitrogens with zero attached hydrogens (tertiary/aromatic N) is 5. The molecule has 14 heteroatoms. The van der Waals surface area contributed by atoms with Crippen molar-refractivity contribution in [2.45, 2.75) is 19.3 Å². The highest BCUT2D eigenvalue weighted by Gasteiger charge is 2.33. The van der Waals surface area contributed by atoms with Crippen molar-refractivity contribution in [2.75, 3.05) is 5.75 Å². The monoisotopic (exact) mass is 503 g/mol. The average Bonchev–Trinajstić information content (AvgIpc) is 3.34. The van der Waals surface area contributed by atoms with E-state index in [-0.39, 0.29) is 39.8 Å². The first-order valence-corrected chi connectivity index (χ1v) is 11.2. The Labute approximate surface area is 188 Å². The van der Waals surface area contributed by atoms with Crippen molar-refractivity contribution >= 4 is 21.2 Å². The van der Waals surface area contributed by atoms with Crippen molar-refractivity contribution in [3.63, 3.8) is 0 Å². The van der Waals surface area contributed by atoms with Crippen LogP contribution in [-0.2, 0) is 29.4 Å². The average molecular weight is 503 g/mol. The Bertz CT molecular complexity index is 1500. The second-order valence-electron chi connectivity index (χ2n) is 7.28. The van der Waals surface area contributed by atoms with E-state index < -0.39 is 33.5 Å². The third-order valence-electron chi connectivity index (χ3n) is 5.06. The zero-order chi connectivity index (χ0) is 25.1. The summed E-state index contributed by atoms with van der Waals surface area (Å²) in [6.45, 7) is 1.36. The molecule has 34 heavy (non-hydrogen) atoms. The van der Waals surface area contributed by atoms with E-state index >= 15 is 0 Å². The topological polar surface area (TPSA) is 82.7 Å². The van der Waals surface area contributed by atoms with E-state index in [9.17, 15) is 34.8 Å². The van der Waals surface area contributed by atoms with Crippen LogP contribution in [0.2, 0.25) is 0 Å². The van der Waals surface area contributed by atoms with Gasteiger partial charge in [0.15, 0.2) is 17.3 Å². The Morgan fingerprint density at radius 3 is 2.24 bits per heavy atom. The van der Waals surface area contributed by atoms with E-state index in [0.717, 1.165) is 34.4 Å². The Kier molecular flexibility index (Phi) is 5.46. The number of aryl methyl sites for hydroxylation is 1. The largest absolute Gasteiger partial charge is 0.417 e. The molecule has 0 fully saturated rings. The van der Waals surface area contributed by atoms with Crippen molar-refractivity contribution in [3.05, 3.63) is 53.9 Å². The van der Waals surface area contributed by atoms with Gasteiger partial charge in [-0.2, -0.15) is 26.3 Å². The Balaban J connectivity index is 1.94. The lowest BCUT2D eigenvalue weighted by Gasteiger charge is -2.07. The zero-order valence-corrected chi connectivity index (χ0v) is 18.3. The summed E-state index contributed by atoms with van der Waals surface area (Å²) < 4.78 is 106. The van der Waals surface area contributed by atoms with Crippen LogP contribution in [0.4, 0.5) is 26.3 Å². The van der Waals surface area contributed by atoms with Crippen molar-refractivity contribution < 1.29 is 34.8 Å². The molecule has 180 valence electrons. The maximum Gasteiger partial charge on any atom is 0.417 e. The highest BCUT2D eigenvalue weighted by molar-refractivity contribution is 7.89. The summed E-state index contributed by atoms with van der Waals surface area (Å²) in [7, 11) is -2.60. The first-order valence-electron chi connectivity index (χ1n) is 9.62. The van der Waals surface area contributed by atoms with Gasteiger partial charge in [0.1, 0.15) is 5.52 Å². The predicted molar refractivity (Wildman–Crippen MR) is 110 cm³/mol. The van der Waals surface area contributed by atoms with Gasteiger partial charge in [0.2, 0.25) is 10.0 Å². The van der Waals surface area contributed by atoms with E-state index in [2.05, 4.69) is 15.0 Å². The van der Waals surface area contributed by atoms with E-state index in [1.165, 1.54) is 24.6 Å². The Morgan fingerprint density at radius 2 is 1.62 bits per heavy atom. The minimum absolute atomic E-state index is 0.00243. The highest BCUT2D eigenvalue weighted by Crippen LogP contribution is 2.34. The minimum Gasteiger partial charge on any atom is -0.309 e. The van der Waals surface area contributed by atoms with Gasteiger partial charge in [-0.15, -0.1) is 0 Å². The summed E-state index contributed by atoms with van der Waals surface area (Å²) in [5.41, 5.74) is -2.21. The molecule has 4 rings (SSSR count). The molecular formula is C20H15F6N5O2S. The smallest absolute Gasteiger partial charge is 0.309 e. The van der Waals surface area contributed by atoms with Gasteiger partial charge in [0.05, 0.1) is 22.6 Å². The van der Waals surface area contributed by atoms with Gasteiger partial charge in [0.25, 0.3) is 0 Å². The molecule has 4 aromatic rings. The minimum atomic E-state index is -4.67. The molecule has 1 aromatic carbocycles. The Hall–Kier alpha value is -3.42. The number of benzene rings is 1. The number of hydrogen-bond donors (Lipinski definition) is 0. The molecule has 0 saturated carbocycles. The molecule has 3 aromatic heterocycles. The second-order valence-corrected chi connectivity index (χ2v) is 9.42. The summed E-state index contributed by atoms with van der Waals surface area (Å²) >= 11 is 0. The lowest BCUT2D eigenvalue weighted by molar-refractivity contribution is -0.138. The molecular weight excluding hydrogens is 488 g/mol. The number of alkyl halides is 6. The van der Waals surface area contributed by atoms with E-state index in [1.807, 2.05) is 0 Å². The maximum absolute atomic E-state index is 13.1. The fraction of sp³-hybridized carbons (Fsp3) is 0.250. The Morgan fingerprint density at radius 1 is 0.941 bits per heavy atom. The lowest BCUT2D eigenvalue weighted by Crippen LogP contribution is -2.16. The molecule has 0 spiro atoms. The molecule has 0 saturated heterocycles. The van der Waals surface area contributed by atoms with Gasteiger partial charge < -0.3 is 4.57 Å². The molecule has 0 aliphatic carbocycles. The van der Waals surface area contributed by atoms with Crippen molar-refractivity contribution in [2.24, 2.45) is 7.05 Å². The predicted octanol–water partition coefficient (Wildman–Crippen LogP) is 4.73. The highest BCUT2D eigenvalue weighted by atomic mass is 32.2. The van der Waals surface area contributed by atoms with Crippen LogP contribution >= 0.6 is 0 Å². The van der Waals surface area contributed by atoms with Gasteiger partial charge in [0, 0.05) is 25.0 Å². The van der Waals surface area contributed by atoms with Crippen LogP contribution in [0.5, 0.6) is 0 Å². The zero-order valence-electron chi connectivity index (χ0n) is 17.5. The number of fused-ring (bicyclic) bond motifs is 1. The first-order chi connectivity index (χ1) is 15.7. The van der Waals surface area contributed by atoms with E-state index in [4.69, 9.17) is 0 Å². The summed E-state index contributed by atoms with van der Waals surface area (Å²) in [4.78, 5) is 12.1. The molecule has 0 aliphatic rings. The molecule has 0 unspecified atom stereocenters. The van der Waals surface area contributed by atoms with Gasteiger partial charge in [-0.05, 0) is 25.1 Å². The standard InChI is InChI=1S/C20H15F6N5O2S/c1-3-34(32,33)31-10-15(11-5-4-6-12(7-11)19(21,22)23)29-18(31)17-28-14-8-13(20(24,25)26)9-27-16(14)30(17)2/h4-10H,3H2,1-2H3. The van der Waals surface area contributed by atoms with Gasteiger partial charge in [-0.3, -0.25) is 0 Å².